The first-order valence-corrected chi connectivity index (χ1v) is 6.60. The molecule has 2 N–H and O–H groups in total. The highest BCUT2D eigenvalue weighted by Gasteiger charge is 2.29. The monoisotopic (exact) mass is 264 g/mol. The number of nitrogen functional groups attached to an aromatic ring is 1. The third kappa shape index (κ3) is 2.94. The Kier molecular flexibility index (Phi) is 3.59. The molecule has 0 amide bonds. The van der Waals surface area contributed by atoms with Crippen molar-refractivity contribution in [1.29, 1.82) is 0 Å². The number of nitrogens with two attached hydrogens (primary N) is 1. The molecule has 1 fully saturated rings. The minimum atomic E-state index is -0.429. The van der Waals surface area contributed by atoms with Crippen LogP contribution in [0.3, 0.4) is 0 Å². The Hall–Kier alpha value is -1.85. The Morgan fingerprint density at radius 1 is 1.47 bits per heavy atom. The summed E-state index contributed by atoms with van der Waals surface area (Å²) in [6.07, 6.45) is 3.31. The van der Waals surface area contributed by atoms with E-state index in [1.807, 2.05) is 0 Å². The third-order valence-electron chi connectivity index (χ3n) is 4.18. The van der Waals surface area contributed by atoms with E-state index in [2.05, 4.69) is 23.7 Å². The minimum Gasteiger partial charge on any atom is -0.383 e. The molecule has 0 spiro atoms. The predicted octanol–water partition coefficient (Wildman–Crippen LogP) is 2.59. The van der Waals surface area contributed by atoms with Gasteiger partial charge in [0.25, 0.3) is 5.69 Å². The van der Waals surface area contributed by atoms with Crippen molar-refractivity contribution in [3.63, 3.8) is 0 Å². The Labute approximate surface area is 112 Å². The van der Waals surface area contributed by atoms with Crippen molar-refractivity contribution in [2.24, 2.45) is 5.41 Å². The summed E-state index contributed by atoms with van der Waals surface area (Å²) in [6.45, 7) is 6.24. The normalized spacial score (nSPS) is 18.3. The largest absolute Gasteiger partial charge is 0.383 e. The molecule has 1 aromatic rings. The van der Waals surface area contributed by atoms with Crippen LogP contribution in [0.2, 0.25) is 0 Å². The summed E-state index contributed by atoms with van der Waals surface area (Å²) in [5, 5.41) is 10.8. The molecular weight excluding hydrogens is 244 g/mol. The lowest BCUT2D eigenvalue weighted by Gasteiger charge is -2.39. The summed E-state index contributed by atoms with van der Waals surface area (Å²) in [7, 11) is 0. The van der Waals surface area contributed by atoms with E-state index in [1.54, 1.807) is 0 Å². The molecule has 0 saturated carbocycles. The zero-order valence-corrected chi connectivity index (χ0v) is 11.4. The first-order valence-electron chi connectivity index (χ1n) is 6.60. The fourth-order valence-electron chi connectivity index (χ4n) is 2.42. The molecule has 0 atom stereocenters. The van der Waals surface area contributed by atoms with Gasteiger partial charge < -0.3 is 10.6 Å². The maximum Gasteiger partial charge on any atom is 0.276 e. The van der Waals surface area contributed by atoms with Crippen molar-refractivity contribution >= 4 is 17.3 Å². The summed E-state index contributed by atoms with van der Waals surface area (Å²) in [6, 6.07) is 2.80. The molecule has 6 heteroatoms. The quantitative estimate of drug-likeness (QED) is 0.670. The molecule has 104 valence electrons. The molecule has 0 aromatic carbocycles. The van der Waals surface area contributed by atoms with Gasteiger partial charge in [-0.3, -0.25) is 10.1 Å². The van der Waals surface area contributed by atoms with Crippen LogP contribution in [-0.2, 0) is 0 Å². The zero-order valence-electron chi connectivity index (χ0n) is 11.4. The average molecular weight is 264 g/mol. The Morgan fingerprint density at radius 3 is 2.63 bits per heavy atom. The van der Waals surface area contributed by atoms with Gasteiger partial charge in [0.2, 0.25) is 0 Å². The standard InChI is InChI=1S/C13H20N4O2/c1-3-13(2)4-6-16(7-5-13)12-9-10(17(18)19)8-11(14)15-12/h8-9H,3-7H2,1-2H3,(H2,14,15). The second-order valence-corrected chi connectivity index (χ2v) is 5.52. The van der Waals surface area contributed by atoms with Crippen LogP contribution in [0.5, 0.6) is 0 Å². The van der Waals surface area contributed by atoms with E-state index >= 15 is 0 Å². The van der Waals surface area contributed by atoms with Crippen LogP contribution in [-0.4, -0.2) is 23.0 Å². The number of nitro groups is 1. The summed E-state index contributed by atoms with van der Waals surface area (Å²) < 4.78 is 0. The maximum atomic E-state index is 10.8. The highest BCUT2D eigenvalue weighted by Crippen LogP contribution is 2.35. The van der Waals surface area contributed by atoms with Gasteiger partial charge in [-0.2, -0.15) is 0 Å². The number of rotatable bonds is 3. The molecule has 2 heterocycles. The highest BCUT2D eigenvalue weighted by atomic mass is 16.6. The lowest BCUT2D eigenvalue weighted by molar-refractivity contribution is -0.384. The molecule has 19 heavy (non-hydrogen) atoms. The Bertz CT molecular complexity index is 482. The number of aromatic nitrogens is 1. The summed E-state index contributed by atoms with van der Waals surface area (Å²) in [5.74, 6) is 0.817. The van der Waals surface area contributed by atoms with Gasteiger partial charge in [-0.05, 0) is 18.3 Å². The Morgan fingerprint density at radius 2 is 2.11 bits per heavy atom. The van der Waals surface area contributed by atoms with E-state index in [-0.39, 0.29) is 11.5 Å². The molecule has 1 saturated heterocycles. The molecule has 0 aliphatic carbocycles. The Balaban J connectivity index is 2.17. The van der Waals surface area contributed by atoms with Crippen molar-refractivity contribution in [2.75, 3.05) is 23.7 Å². The maximum absolute atomic E-state index is 10.8. The van der Waals surface area contributed by atoms with Gasteiger partial charge in [-0.15, -0.1) is 0 Å². The van der Waals surface area contributed by atoms with Gasteiger partial charge in [0.05, 0.1) is 17.1 Å². The molecule has 1 aromatic heterocycles. The van der Waals surface area contributed by atoms with Crippen LogP contribution in [0, 0.1) is 15.5 Å². The van der Waals surface area contributed by atoms with Gasteiger partial charge in [-0.25, -0.2) is 4.98 Å². The van der Waals surface area contributed by atoms with E-state index in [1.165, 1.54) is 12.1 Å². The van der Waals surface area contributed by atoms with Crippen molar-refractivity contribution in [1.82, 2.24) is 4.98 Å². The summed E-state index contributed by atoms with van der Waals surface area (Å²) in [5.41, 5.74) is 6.02. The number of piperidine rings is 1. The highest BCUT2D eigenvalue weighted by molar-refractivity contribution is 5.54. The second kappa shape index (κ2) is 5.03. The smallest absolute Gasteiger partial charge is 0.276 e. The number of anilines is 2. The van der Waals surface area contributed by atoms with E-state index in [0.29, 0.717) is 11.2 Å². The van der Waals surface area contributed by atoms with Gasteiger partial charge >= 0.3 is 0 Å². The average Bonchev–Trinajstić information content (AvgIpc) is 2.39. The van der Waals surface area contributed by atoms with Gasteiger partial charge in [0.15, 0.2) is 0 Å². The molecular formula is C13H20N4O2. The van der Waals surface area contributed by atoms with Crippen molar-refractivity contribution in [3.8, 4) is 0 Å². The fourth-order valence-corrected chi connectivity index (χ4v) is 2.42. The van der Waals surface area contributed by atoms with Crippen molar-refractivity contribution in [2.45, 2.75) is 33.1 Å². The van der Waals surface area contributed by atoms with Crippen LogP contribution in [0.25, 0.3) is 0 Å². The number of hydrogen-bond donors (Lipinski definition) is 1. The van der Waals surface area contributed by atoms with Gasteiger partial charge in [0.1, 0.15) is 11.6 Å². The van der Waals surface area contributed by atoms with Crippen molar-refractivity contribution in [3.05, 3.63) is 22.2 Å². The second-order valence-electron chi connectivity index (χ2n) is 5.52. The number of pyridine rings is 1. The van der Waals surface area contributed by atoms with Crippen LogP contribution in [0.4, 0.5) is 17.3 Å². The zero-order chi connectivity index (χ0) is 14.0. The molecule has 0 bridgehead atoms. The van der Waals surface area contributed by atoms with Gasteiger partial charge in [0, 0.05) is 13.1 Å². The topological polar surface area (TPSA) is 85.3 Å². The van der Waals surface area contributed by atoms with Crippen LogP contribution >= 0.6 is 0 Å². The molecule has 2 rings (SSSR count). The number of nitrogens with zero attached hydrogens (tertiary/aromatic N) is 3. The van der Waals surface area contributed by atoms with E-state index in [0.717, 1.165) is 32.4 Å². The summed E-state index contributed by atoms with van der Waals surface area (Å²) in [4.78, 5) is 16.7. The first-order chi connectivity index (χ1) is 8.93. The molecule has 1 aliphatic heterocycles. The molecule has 6 nitrogen and oxygen atoms in total. The SMILES string of the molecule is CCC1(C)CCN(c2cc([N+](=O)[O-])cc(N)n2)CC1. The third-order valence-corrected chi connectivity index (χ3v) is 4.18. The van der Waals surface area contributed by atoms with Crippen molar-refractivity contribution < 1.29 is 4.92 Å². The van der Waals surface area contributed by atoms with E-state index < -0.39 is 4.92 Å². The lowest BCUT2D eigenvalue weighted by Crippen LogP contribution is -2.38. The molecule has 0 unspecified atom stereocenters. The van der Waals surface area contributed by atoms with E-state index in [9.17, 15) is 10.1 Å². The van der Waals surface area contributed by atoms with E-state index in [4.69, 9.17) is 5.73 Å². The minimum absolute atomic E-state index is 0.00586. The number of hydrogen-bond acceptors (Lipinski definition) is 5. The fraction of sp³-hybridized carbons (Fsp3) is 0.615. The van der Waals surface area contributed by atoms with Gasteiger partial charge in [-0.1, -0.05) is 20.3 Å². The first kappa shape index (κ1) is 13.6. The van der Waals surface area contributed by atoms with Crippen LogP contribution < -0.4 is 10.6 Å². The lowest BCUT2D eigenvalue weighted by atomic mass is 9.78. The predicted molar refractivity (Wildman–Crippen MR) is 75.1 cm³/mol. The van der Waals surface area contributed by atoms with Crippen LogP contribution in [0.15, 0.2) is 12.1 Å². The summed E-state index contributed by atoms with van der Waals surface area (Å²) >= 11 is 0. The molecule has 0 radical (unpaired) electrons. The van der Waals surface area contributed by atoms with Crippen LogP contribution in [0.1, 0.15) is 33.1 Å². The molecule has 1 aliphatic rings.